The van der Waals surface area contributed by atoms with E-state index in [9.17, 15) is 14.4 Å². The van der Waals surface area contributed by atoms with Crippen LogP contribution in [0.4, 0.5) is 4.79 Å². The van der Waals surface area contributed by atoms with E-state index in [1.54, 1.807) is 41.0 Å². The summed E-state index contributed by atoms with van der Waals surface area (Å²) < 4.78 is 9.68. The summed E-state index contributed by atoms with van der Waals surface area (Å²) >= 11 is 0. The zero-order valence-corrected chi connectivity index (χ0v) is 15.8. The Balaban J connectivity index is 1.92. The number of rotatable bonds is 3. The van der Waals surface area contributed by atoms with Crippen LogP contribution < -0.4 is 4.74 Å². The Morgan fingerprint density at radius 2 is 1.50 bits per heavy atom. The van der Waals surface area contributed by atoms with Gasteiger partial charge < -0.3 is 19.3 Å². The molecule has 1 aromatic rings. The van der Waals surface area contributed by atoms with Gasteiger partial charge in [-0.1, -0.05) is 20.8 Å². The maximum absolute atomic E-state index is 12.6. The number of nitrogens with zero attached hydrogens (tertiary/aromatic N) is 2. The van der Waals surface area contributed by atoms with E-state index in [4.69, 9.17) is 9.47 Å². The maximum atomic E-state index is 12.6. The summed E-state index contributed by atoms with van der Waals surface area (Å²) in [6.45, 7) is 9.69. The lowest BCUT2D eigenvalue weighted by molar-refractivity contribution is -0.140. The van der Waals surface area contributed by atoms with Gasteiger partial charge in [-0.2, -0.15) is 0 Å². The molecule has 0 radical (unpaired) electrons. The van der Waals surface area contributed by atoms with Gasteiger partial charge in [0, 0.05) is 37.2 Å². The number of hydrogen-bond donors (Lipinski definition) is 0. The first-order chi connectivity index (χ1) is 12.2. The molecule has 142 valence electrons. The van der Waals surface area contributed by atoms with Crippen molar-refractivity contribution in [1.29, 1.82) is 0 Å². The first-order valence-corrected chi connectivity index (χ1v) is 8.75. The second-order valence-corrected chi connectivity index (χ2v) is 7.14. The monoisotopic (exact) mass is 362 g/mol. The van der Waals surface area contributed by atoms with E-state index in [1.807, 2.05) is 20.8 Å². The Kier molecular flexibility index (Phi) is 6.23. The Bertz CT molecular complexity index is 656. The van der Waals surface area contributed by atoms with Gasteiger partial charge in [-0.25, -0.2) is 4.79 Å². The summed E-state index contributed by atoms with van der Waals surface area (Å²) in [5, 5.41) is 0. The number of carbonyl (C=O) groups excluding carboxylic acids is 3. The van der Waals surface area contributed by atoms with Crippen LogP contribution >= 0.6 is 0 Å². The van der Waals surface area contributed by atoms with Crippen molar-refractivity contribution in [3.63, 3.8) is 0 Å². The normalized spacial score (nSPS) is 14.8. The number of carbonyl (C=O) groups is 3. The molecule has 1 aromatic carbocycles. The Hall–Kier alpha value is -2.57. The molecule has 1 fully saturated rings. The minimum absolute atomic E-state index is 0.101. The highest BCUT2D eigenvalue weighted by Crippen LogP contribution is 2.20. The summed E-state index contributed by atoms with van der Waals surface area (Å²) in [6, 6.07) is 6.35. The van der Waals surface area contributed by atoms with E-state index in [1.165, 1.54) is 0 Å². The highest BCUT2D eigenvalue weighted by atomic mass is 16.7. The van der Waals surface area contributed by atoms with Crippen LogP contribution in [0.3, 0.4) is 0 Å². The minimum Gasteiger partial charge on any atom is -0.434 e. The highest BCUT2D eigenvalue weighted by molar-refractivity contribution is 5.94. The van der Waals surface area contributed by atoms with Crippen molar-refractivity contribution in [2.75, 3.05) is 32.8 Å². The van der Waals surface area contributed by atoms with Gasteiger partial charge in [0.25, 0.3) is 5.91 Å². The summed E-state index contributed by atoms with van der Waals surface area (Å²) in [4.78, 5) is 39.7. The van der Waals surface area contributed by atoms with Crippen molar-refractivity contribution in [2.24, 2.45) is 5.41 Å². The second kappa shape index (κ2) is 8.21. The van der Waals surface area contributed by atoms with Crippen molar-refractivity contribution < 1.29 is 23.9 Å². The quantitative estimate of drug-likeness (QED) is 0.610. The topological polar surface area (TPSA) is 76.2 Å². The SMILES string of the molecule is CCOC(=O)Oc1ccc(C(=O)N2CCN(C(=O)C(C)(C)C)CC2)cc1. The Morgan fingerprint density at radius 1 is 0.962 bits per heavy atom. The van der Waals surface area contributed by atoms with Gasteiger partial charge in [-0.15, -0.1) is 0 Å². The van der Waals surface area contributed by atoms with E-state index in [-0.39, 0.29) is 18.4 Å². The average molecular weight is 362 g/mol. The number of hydrogen-bond acceptors (Lipinski definition) is 5. The summed E-state index contributed by atoms with van der Waals surface area (Å²) in [6.07, 6.45) is -0.772. The molecule has 1 heterocycles. The maximum Gasteiger partial charge on any atom is 0.513 e. The van der Waals surface area contributed by atoms with Crippen LogP contribution in [0.25, 0.3) is 0 Å². The van der Waals surface area contributed by atoms with Crippen LogP contribution in [-0.2, 0) is 9.53 Å². The van der Waals surface area contributed by atoms with Gasteiger partial charge in [-0.3, -0.25) is 9.59 Å². The molecule has 0 unspecified atom stereocenters. The molecule has 0 saturated carbocycles. The molecular formula is C19H26N2O5. The first-order valence-electron chi connectivity index (χ1n) is 8.75. The number of ether oxygens (including phenoxy) is 2. The van der Waals surface area contributed by atoms with E-state index in [2.05, 4.69) is 0 Å². The molecule has 0 bridgehead atoms. The minimum atomic E-state index is -0.772. The first kappa shape index (κ1) is 19.8. The van der Waals surface area contributed by atoms with E-state index in [0.717, 1.165) is 0 Å². The lowest BCUT2D eigenvalue weighted by Gasteiger charge is -2.37. The molecule has 1 aliphatic rings. The van der Waals surface area contributed by atoms with Gasteiger partial charge in [0.1, 0.15) is 5.75 Å². The van der Waals surface area contributed by atoms with Crippen LogP contribution in [0.2, 0.25) is 0 Å². The van der Waals surface area contributed by atoms with Crippen LogP contribution in [0.15, 0.2) is 24.3 Å². The molecule has 0 atom stereocenters. The third-order valence-corrected chi connectivity index (χ3v) is 4.06. The number of benzene rings is 1. The van der Waals surface area contributed by atoms with E-state index in [0.29, 0.717) is 37.5 Å². The number of amides is 2. The molecule has 2 rings (SSSR count). The molecule has 1 saturated heterocycles. The summed E-state index contributed by atoms with van der Waals surface area (Å²) in [5.74, 6) is 0.321. The lowest BCUT2D eigenvalue weighted by atomic mass is 9.94. The summed E-state index contributed by atoms with van der Waals surface area (Å²) in [5.41, 5.74) is 0.0952. The predicted molar refractivity (Wildman–Crippen MR) is 96.0 cm³/mol. The fourth-order valence-corrected chi connectivity index (χ4v) is 2.68. The van der Waals surface area contributed by atoms with Crippen molar-refractivity contribution in [1.82, 2.24) is 9.80 Å². The number of piperazine rings is 1. The van der Waals surface area contributed by atoms with Crippen LogP contribution in [0, 0.1) is 5.41 Å². The molecule has 7 heteroatoms. The van der Waals surface area contributed by atoms with E-state index < -0.39 is 11.6 Å². The highest BCUT2D eigenvalue weighted by Gasteiger charge is 2.31. The Morgan fingerprint density at radius 3 is 2.00 bits per heavy atom. The van der Waals surface area contributed by atoms with Crippen LogP contribution in [0.5, 0.6) is 5.75 Å². The second-order valence-electron chi connectivity index (χ2n) is 7.14. The van der Waals surface area contributed by atoms with Crippen molar-refractivity contribution >= 4 is 18.0 Å². The third kappa shape index (κ3) is 4.97. The van der Waals surface area contributed by atoms with Gasteiger partial charge in [0.2, 0.25) is 5.91 Å². The van der Waals surface area contributed by atoms with E-state index >= 15 is 0 Å². The van der Waals surface area contributed by atoms with Gasteiger partial charge in [0.15, 0.2) is 0 Å². The zero-order chi connectivity index (χ0) is 19.3. The average Bonchev–Trinajstić information content (AvgIpc) is 2.60. The Labute approximate surface area is 153 Å². The molecule has 1 aliphatic heterocycles. The third-order valence-electron chi connectivity index (χ3n) is 4.06. The van der Waals surface area contributed by atoms with Crippen LogP contribution in [0.1, 0.15) is 38.1 Å². The standard InChI is InChI=1S/C19H26N2O5/c1-5-25-18(24)26-15-8-6-14(7-9-15)16(22)20-10-12-21(13-11-20)17(23)19(2,3)4/h6-9H,5,10-13H2,1-4H3. The van der Waals surface area contributed by atoms with Crippen molar-refractivity contribution in [2.45, 2.75) is 27.7 Å². The fraction of sp³-hybridized carbons (Fsp3) is 0.526. The molecule has 0 N–H and O–H groups in total. The fourth-order valence-electron chi connectivity index (χ4n) is 2.68. The molecule has 7 nitrogen and oxygen atoms in total. The zero-order valence-electron chi connectivity index (χ0n) is 15.8. The molecule has 0 aliphatic carbocycles. The van der Waals surface area contributed by atoms with Crippen molar-refractivity contribution in [3.8, 4) is 5.75 Å². The largest absolute Gasteiger partial charge is 0.513 e. The van der Waals surface area contributed by atoms with Crippen molar-refractivity contribution in [3.05, 3.63) is 29.8 Å². The molecule has 26 heavy (non-hydrogen) atoms. The van der Waals surface area contributed by atoms with Gasteiger partial charge in [-0.05, 0) is 31.2 Å². The molecular weight excluding hydrogens is 336 g/mol. The lowest BCUT2D eigenvalue weighted by Crippen LogP contribution is -2.53. The smallest absolute Gasteiger partial charge is 0.434 e. The molecule has 0 aromatic heterocycles. The molecule has 2 amide bonds. The van der Waals surface area contributed by atoms with Gasteiger partial charge in [0.05, 0.1) is 6.61 Å². The summed E-state index contributed by atoms with van der Waals surface area (Å²) in [7, 11) is 0. The van der Waals surface area contributed by atoms with Crippen LogP contribution in [-0.4, -0.2) is 60.6 Å². The van der Waals surface area contributed by atoms with Gasteiger partial charge >= 0.3 is 6.16 Å². The molecule has 0 spiro atoms. The predicted octanol–water partition coefficient (Wildman–Crippen LogP) is 2.55.